The molecule has 0 bridgehead atoms. The quantitative estimate of drug-likeness (QED) is 0.863. The number of hydrogen-bond acceptors (Lipinski definition) is 4. The summed E-state index contributed by atoms with van der Waals surface area (Å²) in [6.07, 6.45) is 9.17. The fourth-order valence-electron chi connectivity index (χ4n) is 4.12. The zero-order valence-electron chi connectivity index (χ0n) is 13.6. The molecule has 122 valence electrons. The number of rotatable bonds is 4. The van der Waals surface area contributed by atoms with Crippen LogP contribution in [0.3, 0.4) is 0 Å². The number of thioether (sulfide) groups is 1. The molecule has 3 nitrogen and oxygen atoms in total. The van der Waals surface area contributed by atoms with Crippen molar-refractivity contribution in [2.75, 3.05) is 37.7 Å². The highest BCUT2D eigenvalue weighted by molar-refractivity contribution is 7.99. The zero-order chi connectivity index (χ0) is 14.5. The van der Waals surface area contributed by atoms with Crippen LogP contribution in [0.2, 0.25) is 0 Å². The second-order valence-electron chi connectivity index (χ2n) is 7.19. The van der Waals surface area contributed by atoms with Crippen molar-refractivity contribution in [1.82, 2.24) is 10.2 Å². The van der Waals surface area contributed by atoms with E-state index >= 15 is 0 Å². The minimum atomic E-state index is 0.218. The molecule has 3 fully saturated rings. The average molecular weight is 313 g/mol. The Kier molecular flexibility index (Phi) is 5.88. The smallest absolute Gasteiger partial charge is 0.0713 e. The van der Waals surface area contributed by atoms with Gasteiger partial charge in [-0.05, 0) is 70.0 Å². The summed E-state index contributed by atoms with van der Waals surface area (Å²) in [5.41, 5.74) is 0.218. The Morgan fingerprint density at radius 2 is 2.00 bits per heavy atom. The fourth-order valence-corrected chi connectivity index (χ4v) is 5.36. The number of hydrogen-bond donors (Lipinski definition) is 1. The highest BCUT2D eigenvalue weighted by Crippen LogP contribution is 2.37. The third kappa shape index (κ3) is 4.37. The Morgan fingerprint density at radius 1 is 1.24 bits per heavy atom. The van der Waals surface area contributed by atoms with Crippen molar-refractivity contribution in [3.63, 3.8) is 0 Å². The van der Waals surface area contributed by atoms with Crippen LogP contribution < -0.4 is 5.32 Å². The van der Waals surface area contributed by atoms with Gasteiger partial charge in [-0.2, -0.15) is 11.8 Å². The largest absolute Gasteiger partial charge is 0.375 e. The van der Waals surface area contributed by atoms with E-state index in [2.05, 4.69) is 28.9 Å². The molecule has 0 saturated carbocycles. The third-order valence-corrected chi connectivity index (χ3v) is 6.60. The lowest BCUT2D eigenvalue weighted by Crippen LogP contribution is -2.51. The van der Waals surface area contributed by atoms with E-state index in [0.717, 1.165) is 13.2 Å². The first-order valence-corrected chi connectivity index (χ1v) is 10.1. The van der Waals surface area contributed by atoms with E-state index in [1.807, 2.05) is 0 Å². The molecule has 1 N–H and O–H groups in total. The molecule has 2 atom stereocenters. The van der Waals surface area contributed by atoms with Gasteiger partial charge in [-0.1, -0.05) is 6.42 Å². The van der Waals surface area contributed by atoms with Crippen LogP contribution in [0.4, 0.5) is 0 Å². The number of nitrogens with one attached hydrogen (secondary N) is 1. The summed E-state index contributed by atoms with van der Waals surface area (Å²) >= 11 is 2.09. The molecular formula is C17H32N2OS. The lowest BCUT2D eigenvalue weighted by atomic mass is 9.85. The maximum Gasteiger partial charge on any atom is 0.0713 e. The van der Waals surface area contributed by atoms with E-state index in [-0.39, 0.29) is 5.60 Å². The Morgan fingerprint density at radius 3 is 2.76 bits per heavy atom. The van der Waals surface area contributed by atoms with Gasteiger partial charge in [0.25, 0.3) is 0 Å². The Labute approximate surface area is 134 Å². The molecule has 3 saturated heterocycles. The first-order valence-electron chi connectivity index (χ1n) is 8.97. The van der Waals surface area contributed by atoms with Crippen molar-refractivity contribution < 1.29 is 4.74 Å². The molecular weight excluding hydrogens is 280 g/mol. The van der Waals surface area contributed by atoms with Crippen LogP contribution in [0.25, 0.3) is 0 Å². The van der Waals surface area contributed by atoms with Crippen molar-refractivity contribution >= 4 is 11.8 Å². The molecule has 0 amide bonds. The fraction of sp³-hybridized carbons (Fsp3) is 1.00. The molecule has 4 heteroatoms. The van der Waals surface area contributed by atoms with Crippen LogP contribution in [-0.2, 0) is 4.74 Å². The summed E-state index contributed by atoms with van der Waals surface area (Å²) < 4.78 is 6.20. The standard InChI is InChI=1S/C17H32N2OS/c1-15(19-8-3-2-4-9-19)14-18-16-5-10-20-17(13-16)6-11-21-12-7-17/h15-16,18H,2-14H2,1H3. The van der Waals surface area contributed by atoms with Gasteiger partial charge >= 0.3 is 0 Å². The highest BCUT2D eigenvalue weighted by Gasteiger charge is 2.38. The Bertz CT molecular complexity index is 308. The summed E-state index contributed by atoms with van der Waals surface area (Å²) in [7, 11) is 0. The van der Waals surface area contributed by atoms with Crippen LogP contribution >= 0.6 is 11.8 Å². The topological polar surface area (TPSA) is 24.5 Å². The van der Waals surface area contributed by atoms with Crippen molar-refractivity contribution in [1.29, 1.82) is 0 Å². The minimum absolute atomic E-state index is 0.218. The first-order chi connectivity index (χ1) is 10.3. The van der Waals surface area contributed by atoms with Gasteiger partial charge in [0, 0.05) is 25.2 Å². The summed E-state index contributed by atoms with van der Waals surface area (Å²) in [4.78, 5) is 2.67. The number of ether oxygens (including phenoxy) is 1. The highest BCUT2D eigenvalue weighted by atomic mass is 32.2. The minimum Gasteiger partial charge on any atom is -0.375 e. The van der Waals surface area contributed by atoms with E-state index in [1.165, 1.54) is 69.5 Å². The summed E-state index contributed by atoms with van der Waals surface area (Å²) in [6.45, 7) is 7.11. The predicted octanol–water partition coefficient (Wildman–Crippen LogP) is 2.90. The van der Waals surface area contributed by atoms with Gasteiger partial charge in [0.05, 0.1) is 5.60 Å². The lowest BCUT2D eigenvalue weighted by Gasteiger charge is -2.44. The van der Waals surface area contributed by atoms with Crippen molar-refractivity contribution in [2.45, 2.75) is 69.6 Å². The molecule has 3 aliphatic rings. The van der Waals surface area contributed by atoms with E-state index in [1.54, 1.807) is 0 Å². The van der Waals surface area contributed by atoms with E-state index in [9.17, 15) is 0 Å². The Balaban J connectivity index is 1.44. The van der Waals surface area contributed by atoms with Crippen molar-refractivity contribution in [3.05, 3.63) is 0 Å². The SMILES string of the molecule is CC(CNC1CCOC2(CCSCC2)C1)N1CCCCC1. The molecule has 3 heterocycles. The number of piperidine rings is 1. The Hall–Kier alpha value is 0.230. The second kappa shape index (κ2) is 7.67. The van der Waals surface area contributed by atoms with Crippen LogP contribution in [-0.4, -0.2) is 60.3 Å². The van der Waals surface area contributed by atoms with E-state index in [0.29, 0.717) is 12.1 Å². The van der Waals surface area contributed by atoms with Crippen molar-refractivity contribution in [3.8, 4) is 0 Å². The molecule has 0 aromatic heterocycles. The van der Waals surface area contributed by atoms with Gasteiger partial charge < -0.3 is 10.1 Å². The third-order valence-electron chi connectivity index (χ3n) is 5.61. The second-order valence-corrected chi connectivity index (χ2v) is 8.41. The number of likely N-dealkylation sites (tertiary alicyclic amines) is 1. The van der Waals surface area contributed by atoms with Gasteiger partial charge in [0.15, 0.2) is 0 Å². The maximum atomic E-state index is 6.20. The molecule has 3 aliphatic heterocycles. The van der Waals surface area contributed by atoms with Gasteiger partial charge in [-0.25, -0.2) is 0 Å². The molecule has 0 aromatic carbocycles. The van der Waals surface area contributed by atoms with Crippen LogP contribution in [0.5, 0.6) is 0 Å². The monoisotopic (exact) mass is 312 g/mol. The maximum absolute atomic E-state index is 6.20. The summed E-state index contributed by atoms with van der Waals surface area (Å²) in [5.74, 6) is 2.58. The van der Waals surface area contributed by atoms with Gasteiger partial charge in [-0.15, -0.1) is 0 Å². The van der Waals surface area contributed by atoms with Crippen molar-refractivity contribution in [2.24, 2.45) is 0 Å². The molecule has 2 unspecified atom stereocenters. The normalized spacial score (nSPS) is 32.1. The molecule has 3 rings (SSSR count). The molecule has 1 spiro atoms. The van der Waals surface area contributed by atoms with E-state index < -0.39 is 0 Å². The van der Waals surface area contributed by atoms with Crippen LogP contribution in [0.1, 0.15) is 51.9 Å². The van der Waals surface area contributed by atoms with Gasteiger partial charge in [0.2, 0.25) is 0 Å². The van der Waals surface area contributed by atoms with Crippen LogP contribution in [0, 0.1) is 0 Å². The predicted molar refractivity (Wildman–Crippen MR) is 91.2 cm³/mol. The molecule has 0 aliphatic carbocycles. The van der Waals surface area contributed by atoms with Gasteiger partial charge in [-0.3, -0.25) is 4.90 Å². The lowest BCUT2D eigenvalue weighted by molar-refractivity contribution is -0.0935. The van der Waals surface area contributed by atoms with Crippen LogP contribution in [0.15, 0.2) is 0 Å². The number of nitrogens with zero attached hydrogens (tertiary/aromatic N) is 1. The zero-order valence-corrected chi connectivity index (χ0v) is 14.4. The summed E-state index contributed by atoms with van der Waals surface area (Å²) in [5, 5.41) is 3.86. The first kappa shape index (κ1) is 16.1. The molecule has 21 heavy (non-hydrogen) atoms. The van der Waals surface area contributed by atoms with Gasteiger partial charge in [0.1, 0.15) is 0 Å². The summed E-state index contributed by atoms with van der Waals surface area (Å²) in [6, 6.07) is 1.36. The average Bonchev–Trinajstić information content (AvgIpc) is 2.54. The molecule has 0 radical (unpaired) electrons. The van der Waals surface area contributed by atoms with E-state index in [4.69, 9.17) is 4.74 Å². The molecule has 0 aromatic rings.